The van der Waals surface area contributed by atoms with Crippen LogP contribution in [-0.2, 0) is 6.42 Å². The molecule has 0 spiro atoms. The molecule has 1 heterocycles. The largest absolute Gasteiger partial charge is 0.384 e. The molecule has 0 amide bonds. The third kappa shape index (κ3) is 2.08. The summed E-state index contributed by atoms with van der Waals surface area (Å²) in [5, 5.41) is 4.50. The first kappa shape index (κ1) is 10.7. The van der Waals surface area contributed by atoms with Gasteiger partial charge in [0.25, 0.3) is 0 Å². The minimum absolute atomic E-state index is 0.703. The van der Waals surface area contributed by atoms with Crippen molar-refractivity contribution in [1.82, 2.24) is 9.78 Å². The molecule has 0 saturated carbocycles. The normalized spacial score (nSPS) is 10.6. The maximum Gasteiger partial charge on any atom is 0.127 e. The SMILES string of the molecule is CCCc1cc(N)n(-c2cccc(C)c2)n1. The van der Waals surface area contributed by atoms with E-state index < -0.39 is 0 Å². The number of nitrogens with two attached hydrogens (primary N) is 1. The number of nitrogen functional groups attached to an aromatic ring is 1. The molecular formula is C13H17N3. The van der Waals surface area contributed by atoms with Gasteiger partial charge in [0, 0.05) is 6.07 Å². The van der Waals surface area contributed by atoms with Gasteiger partial charge in [0.1, 0.15) is 5.82 Å². The van der Waals surface area contributed by atoms with E-state index in [-0.39, 0.29) is 0 Å². The molecule has 3 nitrogen and oxygen atoms in total. The predicted molar refractivity (Wildman–Crippen MR) is 66.7 cm³/mol. The molecule has 0 unspecified atom stereocenters. The van der Waals surface area contributed by atoms with Crippen molar-refractivity contribution in [2.24, 2.45) is 0 Å². The minimum atomic E-state index is 0.703. The van der Waals surface area contributed by atoms with Crippen molar-refractivity contribution in [2.45, 2.75) is 26.7 Å². The molecule has 1 aromatic carbocycles. The number of aryl methyl sites for hydroxylation is 2. The Labute approximate surface area is 95.9 Å². The zero-order valence-electron chi connectivity index (χ0n) is 9.77. The molecule has 1 aromatic heterocycles. The lowest BCUT2D eigenvalue weighted by Gasteiger charge is -2.04. The van der Waals surface area contributed by atoms with Gasteiger partial charge in [-0.2, -0.15) is 5.10 Å². The fraction of sp³-hybridized carbons (Fsp3) is 0.308. The summed E-state index contributed by atoms with van der Waals surface area (Å²) in [6, 6.07) is 10.1. The first-order chi connectivity index (χ1) is 7.70. The van der Waals surface area contributed by atoms with Crippen LogP contribution in [0.4, 0.5) is 5.82 Å². The molecule has 0 radical (unpaired) electrons. The fourth-order valence-corrected chi connectivity index (χ4v) is 1.79. The zero-order valence-corrected chi connectivity index (χ0v) is 9.77. The van der Waals surface area contributed by atoms with Crippen LogP contribution in [0, 0.1) is 6.92 Å². The summed E-state index contributed by atoms with van der Waals surface area (Å²) in [6.07, 6.45) is 2.06. The maximum atomic E-state index is 5.95. The second kappa shape index (κ2) is 4.39. The lowest BCUT2D eigenvalue weighted by Crippen LogP contribution is -2.02. The van der Waals surface area contributed by atoms with Gasteiger partial charge >= 0.3 is 0 Å². The van der Waals surface area contributed by atoms with Gasteiger partial charge in [0.15, 0.2) is 0 Å². The number of rotatable bonds is 3. The minimum Gasteiger partial charge on any atom is -0.384 e. The quantitative estimate of drug-likeness (QED) is 0.855. The van der Waals surface area contributed by atoms with Crippen molar-refractivity contribution in [3.8, 4) is 5.69 Å². The van der Waals surface area contributed by atoms with E-state index in [4.69, 9.17) is 5.73 Å². The highest BCUT2D eigenvalue weighted by atomic mass is 15.3. The topological polar surface area (TPSA) is 43.8 Å². The Bertz CT molecular complexity index is 486. The average Bonchev–Trinajstić information content (AvgIpc) is 2.60. The summed E-state index contributed by atoms with van der Waals surface area (Å²) in [5.41, 5.74) is 9.25. The highest BCUT2D eigenvalue weighted by molar-refractivity contribution is 5.44. The van der Waals surface area contributed by atoms with E-state index in [1.165, 1.54) is 5.56 Å². The van der Waals surface area contributed by atoms with Crippen LogP contribution in [0.2, 0.25) is 0 Å². The van der Waals surface area contributed by atoms with Crippen molar-refractivity contribution < 1.29 is 0 Å². The molecule has 2 N–H and O–H groups in total. The second-order valence-corrected chi connectivity index (χ2v) is 4.06. The lowest BCUT2D eigenvalue weighted by atomic mass is 10.2. The summed E-state index contributed by atoms with van der Waals surface area (Å²) in [5.74, 6) is 0.703. The molecular weight excluding hydrogens is 198 g/mol. The van der Waals surface area contributed by atoms with E-state index in [2.05, 4.69) is 31.1 Å². The van der Waals surface area contributed by atoms with Crippen molar-refractivity contribution >= 4 is 5.82 Å². The number of aromatic nitrogens is 2. The predicted octanol–water partition coefficient (Wildman–Crippen LogP) is 2.72. The summed E-state index contributed by atoms with van der Waals surface area (Å²) >= 11 is 0. The van der Waals surface area contributed by atoms with E-state index in [0.29, 0.717) is 5.82 Å². The molecule has 84 valence electrons. The molecule has 0 aliphatic rings. The van der Waals surface area contributed by atoms with Gasteiger partial charge in [-0.05, 0) is 31.0 Å². The lowest BCUT2D eigenvalue weighted by molar-refractivity contribution is 0.811. The highest BCUT2D eigenvalue weighted by Gasteiger charge is 2.06. The molecule has 3 heteroatoms. The first-order valence-electron chi connectivity index (χ1n) is 5.62. The molecule has 16 heavy (non-hydrogen) atoms. The molecule has 0 aliphatic heterocycles. The number of benzene rings is 1. The third-order valence-corrected chi connectivity index (χ3v) is 2.54. The number of anilines is 1. The van der Waals surface area contributed by atoms with E-state index in [1.807, 2.05) is 18.2 Å². The summed E-state index contributed by atoms with van der Waals surface area (Å²) in [6.45, 7) is 4.21. The van der Waals surface area contributed by atoms with Crippen molar-refractivity contribution in [1.29, 1.82) is 0 Å². The first-order valence-corrected chi connectivity index (χ1v) is 5.62. The molecule has 0 atom stereocenters. The molecule has 2 rings (SSSR count). The van der Waals surface area contributed by atoms with E-state index in [0.717, 1.165) is 24.2 Å². The molecule has 0 aliphatic carbocycles. The Hall–Kier alpha value is -1.77. The molecule has 0 fully saturated rings. The van der Waals surface area contributed by atoms with Crippen LogP contribution in [0.1, 0.15) is 24.6 Å². The van der Waals surface area contributed by atoms with Crippen molar-refractivity contribution in [2.75, 3.05) is 5.73 Å². The van der Waals surface area contributed by atoms with Gasteiger partial charge in [-0.1, -0.05) is 25.5 Å². The highest BCUT2D eigenvalue weighted by Crippen LogP contribution is 2.16. The smallest absolute Gasteiger partial charge is 0.127 e. The van der Waals surface area contributed by atoms with Gasteiger partial charge in [-0.15, -0.1) is 0 Å². The van der Waals surface area contributed by atoms with Crippen LogP contribution >= 0.6 is 0 Å². The van der Waals surface area contributed by atoms with Crippen molar-refractivity contribution in [3.63, 3.8) is 0 Å². The number of hydrogen-bond acceptors (Lipinski definition) is 2. The fourth-order valence-electron chi connectivity index (χ4n) is 1.79. The monoisotopic (exact) mass is 215 g/mol. The Morgan fingerprint density at radius 1 is 1.31 bits per heavy atom. The Morgan fingerprint density at radius 2 is 2.12 bits per heavy atom. The molecule has 2 aromatic rings. The molecule has 0 saturated heterocycles. The third-order valence-electron chi connectivity index (χ3n) is 2.54. The number of nitrogens with zero attached hydrogens (tertiary/aromatic N) is 2. The summed E-state index contributed by atoms with van der Waals surface area (Å²) in [7, 11) is 0. The van der Waals surface area contributed by atoms with E-state index in [1.54, 1.807) is 4.68 Å². The summed E-state index contributed by atoms with van der Waals surface area (Å²) in [4.78, 5) is 0. The zero-order chi connectivity index (χ0) is 11.5. The van der Waals surface area contributed by atoms with Crippen LogP contribution in [0.3, 0.4) is 0 Å². The van der Waals surface area contributed by atoms with Crippen molar-refractivity contribution in [3.05, 3.63) is 41.6 Å². The molecule has 0 bridgehead atoms. The van der Waals surface area contributed by atoms with Crippen LogP contribution in [0.25, 0.3) is 5.69 Å². The van der Waals surface area contributed by atoms with Crippen LogP contribution < -0.4 is 5.73 Å². The van der Waals surface area contributed by atoms with E-state index >= 15 is 0 Å². The standard InChI is InChI=1S/C13H17N3/c1-3-5-11-9-13(14)16(15-11)12-7-4-6-10(2)8-12/h4,6-9H,3,5,14H2,1-2H3. The van der Waals surface area contributed by atoms with Gasteiger partial charge in [0.05, 0.1) is 11.4 Å². The van der Waals surface area contributed by atoms with E-state index in [9.17, 15) is 0 Å². The van der Waals surface area contributed by atoms with Gasteiger partial charge < -0.3 is 5.73 Å². The Kier molecular flexibility index (Phi) is 2.95. The van der Waals surface area contributed by atoms with Gasteiger partial charge in [-0.25, -0.2) is 4.68 Å². The number of hydrogen-bond donors (Lipinski definition) is 1. The Balaban J connectivity index is 2.40. The second-order valence-electron chi connectivity index (χ2n) is 4.06. The average molecular weight is 215 g/mol. The summed E-state index contributed by atoms with van der Waals surface area (Å²) < 4.78 is 1.80. The van der Waals surface area contributed by atoms with Crippen LogP contribution in [-0.4, -0.2) is 9.78 Å². The Morgan fingerprint density at radius 3 is 2.81 bits per heavy atom. The van der Waals surface area contributed by atoms with Crippen LogP contribution in [0.15, 0.2) is 30.3 Å². The van der Waals surface area contributed by atoms with Crippen LogP contribution in [0.5, 0.6) is 0 Å². The maximum absolute atomic E-state index is 5.95. The van der Waals surface area contributed by atoms with Gasteiger partial charge in [0.2, 0.25) is 0 Å². The van der Waals surface area contributed by atoms with Gasteiger partial charge in [-0.3, -0.25) is 0 Å².